The Morgan fingerprint density at radius 2 is 1.65 bits per heavy atom. The van der Waals surface area contributed by atoms with Crippen LogP contribution in [0.3, 0.4) is 0 Å². The lowest BCUT2D eigenvalue weighted by Crippen LogP contribution is -2.07. The Morgan fingerprint density at radius 3 is 2.50 bits per heavy atom. The van der Waals surface area contributed by atoms with E-state index in [0.717, 1.165) is 35.5 Å². The van der Waals surface area contributed by atoms with Crippen molar-refractivity contribution in [1.82, 2.24) is 15.0 Å². The normalized spacial score (nSPS) is 12.6. The van der Waals surface area contributed by atoms with Crippen LogP contribution in [0.2, 0.25) is 0 Å². The topological polar surface area (TPSA) is 38.7 Å². The summed E-state index contributed by atoms with van der Waals surface area (Å²) >= 11 is 0. The molecule has 96 valence electrons. The molecule has 3 aromatic rings. The first-order valence-corrected chi connectivity index (χ1v) is 6.76. The van der Waals surface area contributed by atoms with Crippen molar-refractivity contribution < 1.29 is 0 Å². The number of nitrogens with zero attached hydrogens (tertiary/aromatic N) is 3. The molecule has 3 nitrogen and oxygen atoms in total. The summed E-state index contributed by atoms with van der Waals surface area (Å²) in [4.78, 5) is 13.5. The van der Waals surface area contributed by atoms with Crippen LogP contribution in [0, 0.1) is 0 Å². The summed E-state index contributed by atoms with van der Waals surface area (Å²) in [6, 6.07) is 12.3. The van der Waals surface area contributed by atoms with Gasteiger partial charge in [-0.1, -0.05) is 12.1 Å². The molecule has 0 atom stereocenters. The first-order valence-electron chi connectivity index (χ1n) is 6.76. The number of pyridine rings is 3. The zero-order valence-electron chi connectivity index (χ0n) is 11.0. The van der Waals surface area contributed by atoms with E-state index in [1.54, 1.807) is 6.20 Å². The van der Waals surface area contributed by atoms with Gasteiger partial charge in [-0.2, -0.15) is 0 Å². The van der Waals surface area contributed by atoms with E-state index < -0.39 is 0 Å². The minimum absolute atomic E-state index is 0.954. The zero-order valence-corrected chi connectivity index (χ0v) is 11.0. The van der Waals surface area contributed by atoms with E-state index in [1.807, 2.05) is 30.6 Å². The van der Waals surface area contributed by atoms with Gasteiger partial charge in [0.25, 0.3) is 0 Å². The predicted octanol–water partition coefficient (Wildman–Crippen LogP) is 3.30. The maximum atomic E-state index is 4.82. The van der Waals surface area contributed by atoms with Gasteiger partial charge in [0.05, 0.1) is 17.1 Å². The Labute approximate surface area is 117 Å². The highest BCUT2D eigenvalue weighted by atomic mass is 14.8. The van der Waals surface area contributed by atoms with Crippen molar-refractivity contribution in [2.45, 2.75) is 12.8 Å². The van der Waals surface area contributed by atoms with Gasteiger partial charge in [-0.3, -0.25) is 9.97 Å². The molecule has 1 aliphatic carbocycles. The maximum Gasteiger partial charge on any atom is 0.0928 e. The molecule has 20 heavy (non-hydrogen) atoms. The van der Waals surface area contributed by atoms with Crippen LogP contribution in [0.4, 0.5) is 0 Å². The molecule has 3 heterocycles. The van der Waals surface area contributed by atoms with E-state index in [0.29, 0.717) is 0 Å². The average molecular weight is 259 g/mol. The molecule has 0 bridgehead atoms. The van der Waals surface area contributed by atoms with Crippen LogP contribution in [0.1, 0.15) is 11.1 Å². The van der Waals surface area contributed by atoms with Crippen LogP contribution < -0.4 is 0 Å². The first kappa shape index (κ1) is 11.3. The Hall–Kier alpha value is -2.55. The number of fused-ring (bicyclic) bond motifs is 3. The third-order valence-corrected chi connectivity index (χ3v) is 3.72. The number of aryl methyl sites for hydroxylation is 2. The largest absolute Gasteiger partial charge is 0.264 e. The van der Waals surface area contributed by atoms with Crippen molar-refractivity contribution in [3.63, 3.8) is 0 Å². The van der Waals surface area contributed by atoms with E-state index >= 15 is 0 Å². The molecular weight excluding hydrogens is 246 g/mol. The second-order valence-corrected chi connectivity index (χ2v) is 4.96. The Kier molecular flexibility index (Phi) is 2.56. The fourth-order valence-corrected chi connectivity index (χ4v) is 2.69. The van der Waals surface area contributed by atoms with Crippen molar-refractivity contribution in [1.29, 1.82) is 0 Å². The number of hydrogen-bond donors (Lipinski definition) is 0. The summed E-state index contributed by atoms with van der Waals surface area (Å²) in [5.74, 6) is 0. The van der Waals surface area contributed by atoms with Gasteiger partial charge in [0.2, 0.25) is 0 Å². The summed E-state index contributed by atoms with van der Waals surface area (Å²) in [5.41, 5.74) is 6.61. The minimum Gasteiger partial charge on any atom is -0.264 e. The smallest absolute Gasteiger partial charge is 0.0928 e. The molecule has 0 radical (unpaired) electrons. The summed E-state index contributed by atoms with van der Waals surface area (Å²) in [7, 11) is 0. The third-order valence-electron chi connectivity index (χ3n) is 3.72. The van der Waals surface area contributed by atoms with Gasteiger partial charge in [0, 0.05) is 24.2 Å². The van der Waals surface area contributed by atoms with Gasteiger partial charge in [-0.05, 0) is 48.2 Å². The number of rotatable bonds is 1. The van der Waals surface area contributed by atoms with E-state index in [9.17, 15) is 0 Å². The molecule has 0 aromatic carbocycles. The molecule has 3 heteroatoms. The summed E-state index contributed by atoms with van der Waals surface area (Å²) in [6.45, 7) is 0. The first-order chi connectivity index (χ1) is 9.92. The van der Waals surface area contributed by atoms with Gasteiger partial charge in [0.15, 0.2) is 0 Å². The van der Waals surface area contributed by atoms with Gasteiger partial charge in [-0.25, -0.2) is 4.98 Å². The van der Waals surface area contributed by atoms with E-state index in [-0.39, 0.29) is 0 Å². The SMILES string of the molecule is c1cncc(-c2ccc3c(n2)-c2ncccc2CC3)c1. The van der Waals surface area contributed by atoms with Crippen LogP contribution in [0.25, 0.3) is 22.6 Å². The van der Waals surface area contributed by atoms with Crippen LogP contribution in [-0.2, 0) is 12.8 Å². The molecule has 1 aliphatic rings. The molecule has 0 amide bonds. The van der Waals surface area contributed by atoms with Gasteiger partial charge in [-0.15, -0.1) is 0 Å². The molecule has 4 rings (SSSR count). The highest BCUT2D eigenvalue weighted by molar-refractivity contribution is 5.69. The predicted molar refractivity (Wildman–Crippen MR) is 78.1 cm³/mol. The van der Waals surface area contributed by atoms with E-state index in [1.165, 1.54) is 11.1 Å². The van der Waals surface area contributed by atoms with E-state index in [4.69, 9.17) is 4.98 Å². The second-order valence-electron chi connectivity index (χ2n) is 4.96. The monoisotopic (exact) mass is 259 g/mol. The summed E-state index contributed by atoms with van der Waals surface area (Å²) in [5, 5.41) is 0. The molecule has 0 saturated carbocycles. The standard InChI is InChI=1S/C17H13N3/c1-4-14(11-18-9-1)15-8-7-13-6-5-12-3-2-10-19-16(12)17(13)20-15/h1-4,7-11H,5-6H2. The third kappa shape index (κ3) is 1.79. The second kappa shape index (κ2) is 4.53. The maximum absolute atomic E-state index is 4.82. The minimum atomic E-state index is 0.954. The lowest BCUT2D eigenvalue weighted by atomic mass is 9.92. The van der Waals surface area contributed by atoms with Crippen molar-refractivity contribution in [2.24, 2.45) is 0 Å². The number of aromatic nitrogens is 3. The Bertz CT molecular complexity index is 766. The Balaban J connectivity index is 1.90. The molecule has 0 unspecified atom stereocenters. The average Bonchev–Trinajstić information content (AvgIpc) is 2.55. The highest BCUT2D eigenvalue weighted by Crippen LogP contribution is 2.31. The van der Waals surface area contributed by atoms with Gasteiger partial charge in [0.1, 0.15) is 0 Å². The van der Waals surface area contributed by atoms with Crippen molar-refractivity contribution in [2.75, 3.05) is 0 Å². The van der Waals surface area contributed by atoms with Crippen molar-refractivity contribution >= 4 is 0 Å². The quantitative estimate of drug-likeness (QED) is 0.673. The Morgan fingerprint density at radius 1 is 0.800 bits per heavy atom. The molecule has 0 fully saturated rings. The zero-order chi connectivity index (χ0) is 13.4. The van der Waals surface area contributed by atoms with Crippen molar-refractivity contribution in [3.05, 3.63) is 66.1 Å². The van der Waals surface area contributed by atoms with Gasteiger partial charge >= 0.3 is 0 Å². The molecule has 0 aliphatic heterocycles. The van der Waals surface area contributed by atoms with Gasteiger partial charge < -0.3 is 0 Å². The molecule has 0 N–H and O–H groups in total. The fraction of sp³-hybridized carbons (Fsp3) is 0.118. The van der Waals surface area contributed by atoms with Crippen LogP contribution in [0.5, 0.6) is 0 Å². The summed E-state index contributed by atoms with van der Waals surface area (Å²) < 4.78 is 0. The molecule has 0 spiro atoms. The molecular formula is C17H13N3. The van der Waals surface area contributed by atoms with Crippen LogP contribution in [-0.4, -0.2) is 15.0 Å². The van der Waals surface area contributed by atoms with Crippen molar-refractivity contribution in [3.8, 4) is 22.6 Å². The lowest BCUT2D eigenvalue weighted by molar-refractivity contribution is 0.913. The fourth-order valence-electron chi connectivity index (χ4n) is 2.69. The molecule has 3 aromatic heterocycles. The highest BCUT2D eigenvalue weighted by Gasteiger charge is 2.18. The number of hydrogen-bond acceptors (Lipinski definition) is 3. The van der Waals surface area contributed by atoms with E-state index in [2.05, 4.69) is 28.2 Å². The van der Waals surface area contributed by atoms with Crippen LogP contribution >= 0.6 is 0 Å². The molecule has 0 saturated heterocycles. The van der Waals surface area contributed by atoms with Crippen LogP contribution in [0.15, 0.2) is 55.0 Å². The summed E-state index contributed by atoms with van der Waals surface area (Å²) in [6.07, 6.45) is 7.54. The lowest BCUT2D eigenvalue weighted by Gasteiger charge is -2.18.